The van der Waals surface area contributed by atoms with Gasteiger partial charge in [-0.2, -0.15) is 0 Å². The van der Waals surface area contributed by atoms with E-state index in [0.717, 1.165) is 0 Å². The summed E-state index contributed by atoms with van der Waals surface area (Å²) in [6.07, 6.45) is 4.65. The molecule has 0 bridgehead atoms. The van der Waals surface area contributed by atoms with Crippen LogP contribution in [-0.2, 0) is 14.4 Å². The third kappa shape index (κ3) is 4.39. The zero-order valence-corrected chi connectivity index (χ0v) is 11.3. The van der Waals surface area contributed by atoms with Crippen LogP contribution < -0.4 is 5.32 Å². The highest BCUT2D eigenvalue weighted by Crippen LogP contribution is 2.25. The van der Waals surface area contributed by atoms with E-state index in [4.69, 9.17) is 5.11 Å². The molecule has 0 aromatic heterocycles. The Morgan fingerprint density at radius 1 is 1.21 bits per heavy atom. The van der Waals surface area contributed by atoms with Crippen LogP contribution in [0.3, 0.4) is 0 Å². The van der Waals surface area contributed by atoms with Crippen molar-refractivity contribution in [3.63, 3.8) is 0 Å². The van der Waals surface area contributed by atoms with Gasteiger partial charge >= 0.3 is 5.97 Å². The summed E-state index contributed by atoms with van der Waals surface area (Å²) in [4.78, 5) is 35.8. The fourth-order valence-electron chi connectivity index (χ4n) is 2.02. The summed E-state index contributed by atoms with van der Waals surface area (Å²) < 4.78 is 0. The Morgan fingerprint density at radius 3 is 2.32 bits per heavy atom. The summed E-state index contributed by atoms with van der Waals surface area (Å²) in [6, 6.07) is 0. The minimum absolute atomic E-state index is 0.0707. The molecule has 2 N–H and O–H groups in total. The second-order valence-electron chi connectivity index (χ2n) is 4.82. The van der Waals surface area contributed by atoms with Crippen LogP contribution in [0.5, 0.6) is 0 Å². The number of carbonyl (C=O) groups is 3. The number of hydrogen-bond donors (Lipinski definition) is 2. The first-order valence-electron chi connectivity index (χ1n) is 6.29. The quantitative estimate of drug-likeness (QED) is 0.700. The largest absolute Gasteiger partial charge is 0.481 e. The molecule has 0 aromatic rings. The van der Waals surface area contributed by atoms with Crippen molar-refractivity contribution >= 4 is 17.8 Å². The topological polar surface area (TPSA) is 86.7 Å². The first-order valence-corrected chi connectivity index (χ1v) is 6.29. The normalized spacial score (nSPS) is 21.8. The van der Waals surface area contributed by atoms with Crippen LogP contribution in [-0.4, -0.2) is 48.4 Å². The lowest BCUT2D eigenvalue weighted by Gasteiger charge is -2.24. The molecule has 1 rings (SSSR count). The smallest absolute Gasteiger partial charge is 0.307 e. The average molecular weight is 268 g/mol. The summed E-state index contributed by atoms with van der Waals surface area (Å²) in [5, 5.41) is 11.7. The molecule has 0 saturated heterocycles. The maximum Gasteiger partial charge on any atom is 0.307 e. The molecule has 0 aromatic carbocycles. The number of aliphatic carboxylic acids is 1. The minimum atomic E-state index is -0.950. The molecule has 0 fully saturated rings. The van der Waals surface area contributed by atoms with E-state index in [-0.39, 0.29) is 24.8 Å². The van der Waals surface area contributed by atoms with Crippen LogP contribution in [0.1, 0.15) is 19.3 Å². The fourth-order valence-corrected chi connectivity index (χ4v) is 2.02. The molecule has 0 saturated carbocycles. The lowest BCUT2D eigenvalue weighted by Crippen LogP contribution is -2.40. The molecule has 19 heavy (non-hydrogen) atoms. The molecule has 6 nitrogen and oxygen atoms in total. The molecule has 0 radical (unpaired) electrons. The second kappa shape index (κ2) is 6.92. The Bertz CT molecular complexity index is 390. The van der Waals surface area contributed by atoms with Crippen LogP contribution in [0.15, 0.2) is 12.2 Å². The average Bonchev–Trinajstić information content (AvgIpc) is 2.38. The highest BCUT2D eigenvalue weighted by atomic mass is 16.4. The van der Waals surface area contributed by atoms with Crippen molar-refractivity contribution in [2.75, 3.05) is 20.6 Å². The third-order valence-electron chi connectivity index (χ3n) is 3.22. The number of allylic oxidation sites excluding steroid dienone is 2. The number of carboxylic acid groups (broad SMARTS) is 1. The molecule has 106 valence electrons. The van der Waals surface area contributed by atoms with E-state index in [0.29, 0.717) is 12.8 Å². The number of carboxylic acids is 1. The van der Waals surface area contributed by atoms with Crippen LogP contribution in [0.4, 0.5) is 0 Å². The van der Waals surface area contributed by atoms with Crippen molar-refractivity contribution in [3.05, 3.63) is 12.2 Å². The number of hydrogen-bond acceptors (Lipinski definition) is 3. The standard InChI is InChI=1S/C13H20N2O4/c1-15(2)11(16)7-8-14-12(17)9-5-3-4-6-10(9)13(18)19/h3-4,9-10H,5-8H2,1-2H3,(H,14,17)(H,18,19). The molecule has 2 unspecified atom stereocenters. The van der Waals surface area contributed by atoms with Gasteiger partial charge in [0.15, 0.2) is 0 Å². The van der Waals surface area contributed by atoms with E-state index >= 15 is 0 Å². The minimum Gasteiger partial charge on any atom is -0.481 e. The molecule has 0 aliphatic heterocycles. The SMILES string of the molecule is CN(C)C(=O)CCNC(=O)C1CC=CCC1C(=O)O. The number of nitrogens with zero attached hydrogens (tertiary/aromatic N) is 1. The third-order valence-corrected chi connectivity index (χ3v) is 3.22. The molecule has 0 spiro atoms. The van der Waals surface area contributed by atoms with Crippen LogP contribution >= 0.6 is 0 Å². The lowest BCUT2D eigenvalue weighted by molar-refractivity contribution is -0.147. The van der Waals surface area contributed by atoms with Crippen LogP contribution in [0.25, 0.3) is 0 Å². The summed E-state index contributed by atoms with van der Waals surface area (Å²) in [6.45, 7) is 0.238. The maximum absolute atomic E-state index is 11.9. The first kappa shape index (κ1) is 15.2. The second-order valence-corrected chi connectivity index (χ2v) is 4.82. The molecule has 6 heteroatoms. The van der Waals surface area contributed by atoms with Crippen LogP contribution in [0, 0.1) is 11.8 Å². The van der Waals surface area contributed by atoms with E-state index < -0.39 is 17.8 Å². The van der Waals surface area contributed by atoms with Crippen molar-refractivity contribution in [2.45, 2.75) is 19.3 Å². The number of carbonyl (C=O) groups excluding carboxylic acids is 2. The van der Waals surface area contributed by atoms with Gasteiger partial charge in [-0.15, -0.1) is 0 Å². The zero-order valence-electron chi connectivity index (χ0n) is 11.3. The van der Waals surface area contributed by atoms with Gasteiger partial charge in [-0.25, -0.2) is 0 Å². The van der Waals surface area contributed by atoms with Crippen molar-refractivity contribution in [1.29, 1.82) is 0 Å². The number of amides is 2. The van der Waals surface area contributed by atoms with E-state index in [9.17, 15) is 14.4 Å². The molecule has 1 aliphatic carbocycles. The van der Waals surface area contributed by atoms with Gasteiger partial charge < -0.3 is 15.3 Å². The highest BCUT2D eigenvalue weighted by Gasteiger charge is 2.33. The van der Waals surface area contributed by atoms with Gasteiger partial charge in [0.2, 0.25) is 11.8 Å². The highest BCUT2D eigenvalue weighted by molar-refractivity contribution is 5.85. The molecular weight excluding hydrogens is 248 g/mol. The maximum atomic E-state index is 11.9. The van der Waals surface area contributed by atoms with Crippen LogP contribution in [0.2, 0.25) is 0 Å². The molecule has 2 atom stereocenters. The Kier molecular flexibility index (Phi) is 5.54. The zero-order chi connectivity index (χ0) is 14.4. The van der Waals surface area contributed by atoms with Gasteiger partial charge in [-0.1, -0.05) is 12.2 Å². The van der Waals surface area contributed by atoms with Crippen molar-refractivity contribution in [1.82, 2.24) is 10.2 Å². The van der Waals surface area contributed by atoms with Crippen molar-refractivity contribution in [2.24, 2.45) is 11.8 Å². The molecular formula is C13H20N2O4. The molecule has 1 aliphatic rings. The first-order chi connectivity index (χ1) is 8.93. The van der Waals surface area contributed by atoms with E-state index in [1.165, 1.54) is 4.90 Å². The van der Waals surface area contributed by atoms with Gasteiger partial charge in [0, 0.05) is 27.1 Å². The Labute approximate surface area is 112 Å². The van der Waals surface area contributed by atoms with Crippen molar-refractivity contribution < 1.29 is 19.5 Å². The molecule has 2 amide bonds. The summed E-state index contributed by atoms with van der Waals surface area (Å²) in [7, 11) is 3.30. The van der Waals surface area contributed by atoms with Gasteiger partial charge in [0.25, 0.3) is 0 Å². The Morgan fingerprint density at radius 2 is 1.79 bits per heavy atom. The van der Waals surface area contributed by atoms with Crippen molar-refractivity contribution in [3.8, 4) is 0 Å². The van der Waals surface area contributed by atoms with E-state index in [1.807, 2.05) is 6.08 Å². The van der Waals surface area contributed by atoms with Gasteiger partial charge in [-0.05, 0) is 12.8 Å². The lowest BCUT2D eigenvalue weighted by atomic mass is 9.82. The summed E-state index contributed by atoms with van der Waals surface area (Å²) >= 11 is 0. The van der Waals surface area contributed by atoms with E-state index in [2.05, 4.69) is 5.32 Å². The number of nitrogens with one attached hydrogen (secondary N) is 1. The fraction of sp³-hybridized carbons (Fsp3) is 0.615. The van der Waals surface area contributed by atoms with Gasteiger partial charge in [0.05, 0.1) is 11.8 Å². The van der Waals surface area contributed by atoms with Gasteiger partial charge in [0.1, 0.15) is 0 Å². The van der Waals surface area contributed by atoms with Gasteiger partial charge in [-0.3, -0.25) is 14.4 Å². The summed E-state index contributed by atoms with van der Waals surface area (Å²) in [5.74, 6) is -2.53. The summed E-state index contributed by atoms with van der Waals surface area (Å²) in [5.41, 5.74) is 0. The molecule has 0 heterocycles. The predicted octanol–water partition coefficient (Wildman–Crippen LogP) is 0.248. The number of rotatable bonds is 5. The Hall–Kier alpha value is -1.85. The predicted molar refractivity (Wildman–Crippen MR) is 69.3 cm³/mol. The monoisotopic (exact) mass is 268 g/mol. The Balaban J connectivity index is 2.46. The van der Waals surface area contributed by atoms with E-state index in [1.54, 1.807) is 20.2 Å².